The van der Waals surface area contributed by atoms with Crippen LogP contribution in [0.5, 0.6) is 0 Å². The molecule has 13 nitrogen and oxygen atoms in total. The minimum atomic E-state index is -1.26. The van der Waals surface area contributed by atoms with E-state index in [2.05, 4.69) is 26.4 Å². The molecular formula is C37H53N5O8. The van der Waals surface area contributed by atoms with Crippen LogP contribution >= 0.6 is 0 Å². The smallest absolute Gasteiger partial charge is 0.407 e. The standard InChI is InChI=1S/C37H53N5O8/c1-9-31(40-47)36(5,6)38-18-19-50-42-37(7,8)32(41-48)21-30(43)29(20-28(33(44)45)35(2,3)4)39-34(46)49-22-27-25-16-12-10-14-23(25)24-15-11-13-17-26(24)27/h10-17,27-29,38,42,47-48H,9,18-22H2,1-8H3,(H,39,46)(H,44,45)/t28?,29-/m0/s1. The van der Waals surface area contributed by atoms with Crippen LogP contribution in [-0.4, -0.2) is 81.7 Å². The van der Waals surface area contributed by atoms with Crippen LogP contribution < -0.4 is 16.1 Å². The number of rotatable bonds is 18. The van der Waals surface area contributed by atoms with Crippen molar-refractivity contribution in [3.05, 3.63) is 59.7 Å². The van der Waals surface area contributed by atoms with Crippen molar-refractivity contribution in [2.45, 2.75) is 97.7 Å². The summed E-state index contributed by atoms with van der Waals surface area (Å²) in [6.45, 7) is 14.8. The third-order valence-corrected chi connectivity index (χ3v) is 9.30. The Bertz CT molecular complexity index is 1520. The van der Waals surface area contributed by atoms with Gasteiger partial charge in [0.2, 0.25) is 0 Å². The van der Waals surface area contributed by atoms with Crippen molar-refractivity contribution < 1.29 is 39.5 Å². The van der Waals surface area contributed by atoms with Crippen LogP contribution in [0.1, 0.15) is 91.7 Å². The molecule has 0 saturated carbocycles. The predicted octanol–water partition coefficient (Wildman–Crippen LogP) is 5.73. The van der Waals surface area contributed by atoms with Crippen LogP contribution in [0.4, 0.5) is 4.79 Å². The number of carboxylic acids is 1. The van der Waals surface area contributed by atoms with Gasteiger partial charge in [-0.25, -0.2) is 4.79 Å². The molecule has 1 amide bonds. The number of carboxylic acid groups (broad SMARTS) is 1. The highest BCUT2D eigenvalue weighted by Gasteiger charge is 2.38. The first kappa shape index (κ1) is 40.1. The first-order chi connectivity index (χ1) is 23.5. The van der Waals surface area contributed by atoms with Crippen LogP contribution in [-0.2, 0) is 19.2 Å². The van der Waals surface area contributed by atoms with Gasteiger partial charge in [0.25, 0.3) is 0 Å². The molecule has 2 aromatic carbocycles. The van der Waals surface area contributed by atoms with Gasteiger partial charge in [-0.2, -0.15) is 5.48 Å². The lowest BCUT2D eigenvalue weighted by Crippen LogP contribution is -2.52. The van der Waals surface area contributed by atoms with Crippen molar-refractivity contribution in [3.8, 4) is 11.1 Å². The summed E-state index contributed by atoms with van der Waals surface area (Å²) in [5, 5.41) is 41.8. The normalized spacial score (nSPS) is 15.2. The fourth-order valence-corrected chi connectivity index (χ4v) is 6.23. The maximum Gasteiger partial charge on any atom is 0.407 e. The molecule has 1 aliphatic carbocycles. The molecule has 3 rings (SSSR count). The lowest BCUT2D eigenvalue weighted by molar-refractivity contribution is -0.146. The highest BCUT2D eigenvalue weighted by Crippen LogP contribution is 2.44. The maximum atomic E-state index is 13.8. The van der Waals surface area contributed by atoms with Gasteiger partial charge in [-0.15, -0.1) is 0 Å². The summed E-state index contributed by atoms with van der Waals surface area (Å²) in [5.41, 5.74) is 5.16. The van der Waals surface area contributed by atoms with Gasteiger partial charge in [0.1, 0.15) is 6.61 Å². The minimum Gasteiger partial charge on any atom is -0.481 e. The summed E-state index contributed by atoms with van der Waals surface area (Å²) in [6, 6.07) is 14.6. The molecule has 0 fully saturated rings. The molecule has 0 aromatic heterocycles. The third kappa shape index (κ3) is 10.1. The number of carbonyl (C=O) groups excluding carboxylic acids is 2. The average Bonchev–Trinajstić information content (AvgIpc) is 3.37. The molecule has 274 valence electrons. The number of ketones is 1. The molecule has 2 aromatic rings. The fourth-order valence-electron chi connectivity index (χ4n) is 6.23. The van der Waals surface area contributed by atoms with Gasteiger partial charge < -0.3 is 30.9 Å². The maximum absolute atomic E-state index is 13.8. The Hall–Kier alpha value is -4.33. The Labute approximate surface area is 294 Å². The number of oxime groups is 2. The lowest BCUT2D eigenvalue weighted by Gasteiger charge is -2.31. The first-order valence-corrected chi connectivity index (χ1v) is 16.9. The van der Waals surface area contributed by atoms with Crippen molar-refractivity contribution in [2.24, 2.45) is 21.6 Å². The molecule has 6 N–H and O–H groups in total. The molecule has 0 aliphatic heterocycles. The third-order valence-electron chi connectivity index (χ3n) is 9.30. The second-order valence-corrected chi connectivity index (χ2v) is 14.7. The highest BCUT2D eigenvalue weighted by molar-refractivity contribution is 6.08. The number of Topliss-reactive ketones (excluding diaryl/α,β-unsaturated/α-hetero) is 1. The summed E-state index contributed by atoms with van der Waals surface area (Å²) >= 11 is 0. The quantitative estimate of drug-likeness (QED) is 0.0486. The zero-order chi connectivity index (χ0) is 37.3. The van der Waals surface area contributed by atoms with Crippen molar-refractivity contribution in [1.29, 1.82) is 0 Å². The molecule has 0 heterocycles. The second-order valence-electron chi connectivity index (χ2n) is 14.7. The molecule has 0 bridgehead atoms. The van der Waals surface area contributed by atoms with E-state index < -0.39 is 52.7 Å². The molecular weight excluding hydrogens is 642 g/mol. The molecule has 1 aliphatic rings. The summed E-state index contributed by atoms with van der Waals surface area (Å²) in [4.78, 5) is 45.0. The summed E-state index contributed by atoms with van der Waals surface area (Å²) < 4.78 is 5.69. The van der Waals surface area contributed by atoms with E-state index in [4.69, 9.17) is 9.57 Å². The second kappa shape index (κ2) is 17.1. The van der Waals surface area contributed by atoms with Gasteiger partial charge >= 0.3 is 12.1 Å². The van der Waals surface area contributed by atoms with Gasteiger partial charge in [0.15, 0.2) is 5.78 Å². The number of fused-ring (bicyclic) bond motifs is 3. The Balaban J connectivity index is 1.70. The van der Waals surface area contributed by atoms with E-state index in [1.54, 1.807) is 34.6 Å². The molecule has 1 unspecified atom stereocenters. The van der Waals surface area contributed by atoms with Crippen molar-refractivity contribution in [3.63, 3.8) is 0 Å². The minimum absolute atomic E-state index is 0.0124. The monoisotopic (exact) mass is 695 g/mol. The Kier molecular flexibility index (Phi) is 13.7. The Morgan fingerprint density at radius 1 is 0.860 bits per heavy atom. The number of benzene rings is 2. The number of amides is 1. The van der Waals surface area contributed by atoms with Crippen molar-refractivity contribution in [2.75, 3.05) is 19.8 Å². The topological polar surface area (TPSA) is 191 Å². The SMILES string of the molecule is CCC(=NO)C(C)(C)NCCONC(C)(C)C(CC(=O)[C@H](CC(C(=O)O)C(C)(C)C)NC(=O)OCC1c2ccccc2-c2ccccc21)=NO. The first-order valence-electron chi connectivity index (χ1n) is 16.9. The number of nitrogens with one attached hydrogen (secondary N) is 3. The van der Waals surface area contributed by atoms with E-state index in [0.717, 1.165) is 22.3 Å². The molecule has 2 atom stereocenters. The van der Waals surface area contributed by atoms with Gasteiger partial charge in [-0.3, -0.25) is 14.4 Å². The largest absolute Gasteiger partial charge is 0.481 e. The number of hydrogen-bond acceptors (Lipinski definition) is 11. The molecule has 13 heteroatoms. The molecule has 50 heavy (non-hydrogen) atoms. The van der Waals surface area contributed by atoms with Crippen LogP contribution in [0.2, 0.25) is 0 Å². The average molecular weight is 696 g/mol. The predicted molar refractivity (Wildman–Crippen MR) is 191 cm³/mol. The number of ether oxygens (including phenoxy) is 1. The highest BCUT2D eigenvalue weighted by atomic mass is 16.6. The van der Waals surface area contributed by atoms with Gasteiger partial charge in [0.05, 0.1) is 47.5 Å². The van der Waals surface area contributed by atoms with Crippen LogP contribution in [0, 0.1) is 11.3 Å². The Morgan fingerprint density at radius 3 is 1.92 bits per heavy atom. The number of carbonyl (C=O) groups is 3. The number of hydroxylamine groups is 1. The zero-order valence-electron chi connectivity index (χ0n) is 30.4. The number of alkyl carbamates (subject to hydrolysis) is 1. The molecule has 0 radical (unpaired) electrons. The summed E-state index contributed by atoms with van der Waals surface area (Å²) in [6.07, 6.45) is -0.918. The van der Waals surface area contributed by atoms with Gasteiger partial charge in [0, 0.05) is 12.5 Å². The number of aliphatic carboxylic acids is 1. The van der Waals surface area contributed by atoms with E-state index in [0.29, 0.717) is 18.7 Å². The van der Waals surface area contributed by atoms with Crippen molar-refractivity contribution in [1.82, 2.24) is 16.1 Å². The van der Waals surface area contributed by atoms with Crippen molar-refractivity contribution >= 4 is 29.3 Å². The van der Waals surface area contributed by atoms with Gasteiger partial charge in [-0.05, 0) is 68.2 Å². The number of hydrogen-bond donors (Lipinski definition) is 6. The Morgan fingerprint density at radius 2 is 1.42 bits per heavy atom. The van der Waals surface area contributed by atoms with E-state index in [-0.39, 0.29) is 31.3 Å². The summed E-state index contributed by atoms with van der Waals surface area (Å²) in [5.74, 6) is -2.86. The molecule has 0 spiro atoms. The van der Waals surface area contributed by atoms with E-state index in [1.165, 1.54) is 0 Å². The van der Waals surface area contributed by atoms with Crippen LogP contribution in [0.25, 0.3) is 11.1 Å². The summed E-state index contributed by atoms with van der Waals surface area (Å²) in [7, 11) is 0. The molecule has 0 saturated heterocycles. The lowest BCUT2D eigenvalue weighted by atomic mass is 9.76. The van der Waals surface area contributed by atoms with E-state index in [9.17, 15) is 29.9 Å². The van der Waals surface area contributed by atoms with Crippen LogP contribution in [0.15, 0.2) is 58.8 Å². The van der Waals surface area contributed by atoms with E-state index >= 15 is 0 Å². The zero-order valence-corrected chi connectivity index (χ0v) is 30.4. The fraction of sp³-hybridized carbons (Fsp3) is 0.541. The van der Waals surface area contributed by atoms with E-state index in [1.807, 2.05) is 69.3 Å². The van der Waals surface area contributed by atoms with Crippen LogP contribution in [0.3, 0.4) is 0 Å². The number of nitrogens with zero attached hydrogens (tertiary/aromatic N) is 2. The van der Waals surface area contributed by atoms with Gasteiger partial charge in [-0.1, -0.05) is 86.5 Å².